The van der Waals surface area contributed by atoms with Gasteiger partial charge in [0.05, 0.1) is 5.56 Å². The molecule has 0 aromatic heterocycles. The Labute approximate surface area is 141 Å². The molecule has 7 heteroatoms. The zero-order chi connectivity index (χ0) is 15.6. The first-order valence-corrected chi connectivity index (χ1v) is 7.40. The van der Waals surface area contributed by atoms with Crippen LogP contribution in [-0.2, 0) is 0 Å². The summed E-state index contributed by atoms with van der Waals surface area (Å²) in [5.41, 5.74) is 5.82. The van der Waals surface area contributed by atoms with Gasteiger partial charge in [0.1, 0.15) is 5.82 Å². The Hall–Kier alpha value is -0.880. The number of amides is 1. The van der Waals surface area contributed by atoms with Crippen molar-refractivity contribution in [2.24, 2.45) is 5.73 Å². The molecule has 0 unspecified atom stereocenters. The molecule has 22 heavy (non-hydrogen) atoms. The molecule has 0 spiro atoms. The van der Waals surface area contributed by atoms with Gasteiger partial charge in [-0.05, 0) is 32.0 Å². The van der Waals surface area contributed by atoms with Gasteiger partial charge in [-0.1, -0.05) is 11.6 Å². The van der Waals surface area contributed by atoms with E-state index in [2.05, 4.69) is 4.90 Å². The van der Waals surface area contributed by atoms with Gasteiger partial charge in [-0.3, -0.25) is 9.69 Å². The molecule has 1 amide bonds. The van der Waals surface area contributed by atoms with Gasteiger partial charge >= 0.3 is 0 Å². The highest BCUT2D eigenvalue weighted by atomic mass is 35.5. The third-order valence-electron chi connectivity index (χ3n) is 3.45. The Morgan fingerprint density at radius 1 is 1.32 bits per heavy atom. The molecule has 1 saturated heterocycles. The molecular formula is C15H22Cl2FN3O. The summed E-state index contributed by atoms with van der Waals surface area (Å²) in [6.07, 6.45) is 0. The molecule has 2 rings (SSSR count). The fourth-order valence-electron chi connectivity index (χ4n) is 2.52. The van der Waals surface area contributed by atoms with Crippen LogP contribution in [0, 0.1) is 5.82 Å². The van der Waals surface area contributed by atoms with E-state index in [-0.39, 0.29) is 29.4 Å². The van der Waals surface area contributed by atoms with Crippen LogP contribution in [0.2, 0.25) is 5.02 Å². The maximum atomic E-state index is 13.8. The number of piperazine rings is 1. The van der Waals surface area contributed by atoms with E-state index in [1.807, 2.05) is 13.8 Å². The molecule has 0 aliphatic carbocycles. The summed E-state index contributed by atoms with van der Waals surface area (Å²) in [5, 5.41) is 0.291. The fraction of sp³-hybridized carbons (Fsp3) is 0.533. The molecule has 1 heterocycles. The van der Waals surface area contributed by atoms with Crippen LogP contribution in [0.4, 0.5) is 4.39 Å². The molecular weight excluding hydrogens is 328 g/mol. The number of benzene rings is 1. The van der Waals surface area contributed by atoms with Crippen molar-refractivity contribution in [2.45, 2.75) is 19.4 Å². The minimum Gasteiger partial charge on any atom is -0.336 e. The third kappa shape index (κ3) is 5.09. The Morgan fingerprint density at radius 3 is 2.41 bits per heavy atom. The van der Waals surface area contributed by atoms with E-state index in [1.54, 1.807) is 4.90 Å². The second-order valence-corrected chi connectivity index (χ2v) is 6.62. The van der Waals surface area contributed by atoms with Gasteiger partial charge < -0.3 is 10.6 Å². The molecule has 0 radical (unpaired) electrons. The molecule has 1 fully saturated rings. The van der Waals surface area contributed by atoms with Crippen LogP contribution >= 0.6 is 24.0 Å². The Balaban J connectivity index is 0.00000242. The van der Waals surface area contributed by atoms with Crippen LogP contribution < -0.4 is 5.73 Å². The number of halogens is 3. The molecule has 2 N–H and O–H groups in total. The largest absolute Gasteiger partial charge is 0.336 e. The fourth-order valence-corrected chi connectivity index (χ4v) is 2.68. The number of nitrogens with two attached hydrogens (primary N) is 1. The summed E-state index contributed by atoms with van der Waals surface area (Å²) in [6, 6.07) is 4.14. The van der Waals surface area contributed by atoms with Crippen LogP contribution in [0.3, 0.4) is 0 Å². The molecule has 0 bridgehead atoms. The zero-order valence-corrected chi connectivity index (χ0v) is 14.4. The van der Waals surface area contributed by atoms with Crippen LogP contribution in [0.25, 0.3) is 0 Å². The quantitative estimate of drug-likeness (QED) is 0.911. The molecule has 0 saturated carbocycles. The lowest BCUT2D eigenvalue weighted by atomic mass is 10.1. The summed E-state index contributed by atoms with van der Waals surface area (Å²) in [7, 11) is 0. The minimum atomic E-state index is -0.571. The van der Waals surface area contributed by atoms with E-state index in [0.29, 0.717) is 18.1 Å². The maximum absolute atomic E-state index is 13.8. The molecule has 4 nitrogen and oxygen atoms in total. The predicted molar refractivity (Wildman–Crippen MR) is 89.3 cm³/mol. The number of hydrogen-bond donors (Lipinski definition) is 1. The van der Waals surface area contributed by atoms with Gasteiger partial charge in [-0.25, -0.2) is 4.39 Å². The summed E-state index contributed by atoms with van der Waals surface area (Å²) in [5.74, 6) is -0.853. The van der Waals surface area contributed by atoms with Crippen molar-refractivity contribution >= 4 is 29.9 Å². The lowest BCUT2D eigenvalue weighted by Gasteiger charge is -2.37. The lowest BCUT2D eigenvalue weighted by molar-refractivity contribution is 0.0611. The van der Waals surface area contributed by atoms with E-state index in [4.69, 9.17) is 17.3 Å². The number of rotatable bonds is 3. The first-order valence-electron chi connectivity index (χ1n) is 7.02. The van der Waals surface area contributed by atoms with Crippen molar-refractivity contribution < 1.29 is 9.18 Å². The maximum Gasteiger partial charge on any atom is 0.256 e. The third-order valence-corrected chi connectivity index (χ3v) is 3.69. The lowest BCUT2D eigenvalue weighted by Crippen LogP contribution is -2.54. The van der Waals surface area contributed by atoms with Crippen LogP contribution in [0.5, 0.6) is 0 Å². The Kier molecular flexibility index (Phi) is 6.62. The smallest absolute Gasteiger partial charge is 0.256 e. The van der Waals surface area contributed by atoms with Gasteiger partial charge in [-0.2, -0.15) is 0 Å². The summed E-state index contributed by atoms with van der Waals surface area (Å²) < 4.78 is 13.8. The predicted octanol–water partition coefficient (Wildman–Crippen LogP) is 2.40. The monoisotopic (exact) mass is 349 g/mol. The van der Waals surface area contributed by atoms with Crippen molar-refractivity contribution in [1.29, 1.82) is 0 Å². The summed E-state index contributed by atoms with van der Waals surface area (Å²) in [4.78, 5) is 16.2. The molecule has 1 aromatic carbocycles. The summed E-state index contributed by atoms with van der Waals surface area (Å²) >= 11 is 5.70. The Morgan fingerprint density at radius 2 is 1.91 bits per heavy atom. The molecule has 1 aromatic rings. The number of carbonyl (C=O) groups is 1. The van der Waals surface area contributed by atoms with Crippen molar-refractivity contribution in [3.63, 3.8) is 0 Å². The molecule has 1 aliphatic rings. The first kappa shape index (κ1) is 19.2. The van der Waals surface area contributed by atoms with Gasteiger partial charge in [0, 0.05) is 43.3 Å². The zero-order valence-electron chi connectivity index (χ0n) is 12.8. The standard InChI is InChI=1S/C15H21ClFN3O.ClH/c1-15(2,18)10-19-5-7-20(8-6-19)14(21)12-4-3-11(16)9-13(12)17;/h3-4,9H,5-8,10,18H2,1-2H3;1H. The number of hydrogen-bond acceptors (Lipinski definition) is 3. The van der Waals surface area contributed by atoms with E-state index in [0.717, 1.165) is 19.6 Å². The van der Waals surface area contributed by atoms with Crippen molar-refractivity contribution in [3.05, 3.63) is 34.6 Å². The van der Waals surface area contributed by atoms with Crippen LogP contribution in [0.15, 0.2) is 18.2 Å². The van der Waals surface area contributed by atoms with E-state index in [1.165, 1.54) is 18.2 Å². The highest BCUT2D eigenvalue weighted by Gasteiger charge is 2.26. The van der Waals surface area contributed by atoms with Gasteiger partial charge in [0.25, 0.3) is 5.91 Å². The second-order valence-electron chi connectivity index (χ2n) is 6.18. The number of carbonyl (C=O) groups excluding carboxylic acids is 1. The normalized spacial score (nSPS) is 16.3. The highest BCUT2D eigenvalue weighted by molar-refractivity contribution is 6.30. The SMILES string of the molecule is CC(C)(N)CN1CCN(C(=O)c2ccc(Cl)cc2F)CC1.Cl. The van der Waals surface area contributed by atoms with Gasteiger partial charge in [-0.15, -0.1) is 12.4 Å². The van der Waals surface area contributed by atoms with E-state index in [9.17, 15) is 9.18 Å². The van der Waals surface area contributed by atoms with Crippen molar-refractivity contribution in [3.8, 4) is 0 Å². The van der Waals surface area contributed by atoms with Crippen molar-refractivity contribution in [2.75, 3.05) is 32.7 Å². The number of nitrogens with zero attached hydrogens (tertiary/aromatic N) is 2. The topological polar surface area (TPSA) is 49.6 Å². The summed E-state index contributed by atoms with van der Waals surface area (Å²) in [6.45, 7) is 7.41. The van der Waals surface area contributed by atoms with Gasteiger partial charge in [0.2, 0.25) is 0 Å². The molecule has 1 aliphatic heterocycles. The van der Waals surface area contributed by atoms with E-state index < -0.39 is 5.82 Å². The highest BCUT2D eigenvalue weighted by Crippen LogP contribution is 2.17. The van der Waals surface area contributed by atoms with Crippen molar-refractivity contribution in [1.82, 2.24) is 9.80 Å². The second kappa shape index (κ2) is 7.59. The Bertz CT molecular complexity index is 526. The molecule has 124 valence electrons. The van der Waals surface area contributed by atoms with E-state index >= 15 is 0 Å². The molecule has 0 atom stereocenters. The average Bonchev–Trinajstić information content (AvgIpc) is 2.37. The van der Waals surface area contributed by atoms with Gasteiger partial charge in [0.15, 0.2) is 0 Å². The minimum absolute atomic E-state index is 0. The first-order chi connectivity index (χ1) is 9.76. The van der Waals surface area contributed by atoms with Crippen LogP contribution in [0.1, 0.15) is 24.2 Å². The average molecular weight is 350 g/mol. The van der Waals surface area contributed by atoms with Crippen LogP contribution in [-0.4, -0.2) is 54.0 Å².